The van der Waals surface area contributed by atoms with Crippen molar-refractivity contribution in [3.8, 4) is 0 Å². The maximum Gasteiger partial charge on any atom is -0.0147 e. The number of hydrogen-bond acceptors (Lipinski definition) is 0. The van der Waals surface area contributed by atoms with Crippen molar-refractivity contribution in [1.29, 1.82) is 0 Å². The van der Waals surface area contributed by atoms with Crippen molar-refractivity contribution in [2.45, 2.75) is 33.1 Å². The monoisotopic (exact) mass is 172 g/mol. The highest BCUT2D eigenvalue weighted by molar-refractivity contribution is 5.69. The first-order valence-corrected chi connectivity index (χ1v) is 4.99. The predicted molar refractivity (Wildman–Crippen MR) is 57.9 cm³/mol. The summed E-state index contributed by atoms with van der Waals surface area (Å²) in [6.45, 7) is 6.60. The molecule has 0 N–H and O–H groups in total. The van der Waals surface area contributed by atoms with Gasteiger partial charge in [-0.1, -0.05) is 31.2 Å². The molecule has 0 spiro atoms. The average Bonchev–Trinajstić information content (AvgIpc) is 2.15. The fourth-order valence-electron chi connectivity index (χ4n) is 2.10. The summed E-state index contributed by atoms with van der Waals surface area (Å²) in [7, 11) is 0. The lowest BCUT2D eigenvalue weighted by atomic mass is 9.75. The van der Waals surface area contributed by atoms with Crippen molar-refractivity contribution in [3.63, 3.8) is 0 Å². The minimum absolute atomic E-state index is 0.777. The zero-order valence-electron chi connectivity index (χ0n) is 8.59. The van der Waals surface area contributed by atoms with Gasteiger partial charge in [0.25, 0.3) is 0 Å². The molecule has 1 aromatic rings. The van der Waals surface area contributed by atoms with E-state index in [9.17, 15) is 0 Å². The molecular weight excluding hydrogens is 156 g/mol. The highest BCUT2D eigenvalue weighted by Gasteiger charge is 2.24. The molecule has 2 rings (SSSR count). The van der Waals surface area contributed by atoms with E-state index in [-0.39, 0.29) is 0 Å². The SMILES string of the molecule is CC=C(C)c1cccc2c1CC2C. The van der Waals surface area contributed by atoms with Gasteiger partial charge in [-0.15, -0.1) is 0 Å². The van der Waals surface area contributed by atoms with E-state index in [2.05, 4.69) is 45.0 Å². The molecule has 0 saturated carbocycles. The van der Waals surface area contributed by atoms with Crippen LogP contribution in [0.4, 0.5) is 0 Å². The van der Waals surface area contributed by atoms with Gasteiger partial charge >= 0.3 is 0 Å². The second-order valence-electron chi connectivity index (χ2n) is 3.95. The second-order valence-corrected chi connectivity index (χ2v) is 3.95. The van der Waals surface area contributed by atoms with E-state index in [0.717, 1.165) is 5.92 Å². The molecule has 1 atom stereocenters. The number of hydrogen-bond donors (Lipinski definition) is 0. The van der Waals surface area contributed by atoms with Crippen LogP contribution in [0.25, 0.3) is 5.57 Å². The number of benzene rings is 1. The third kappa shape index (κ3) is 1.21. The lowest BCUT2D eigenvalue weighted by molar-refractivity contribution is 0.665. The Kier molecular flexibility index (Phi) is 1.99. The molecule has 13 heavy (non-hydrogen) atoms. The molecule has 0 bridgehead atoms. The Morgan fingerprint density at radius 2 is 2.23 bits per heavy atom. The molecule has 0 nitrogen and oxygen atoms in total. The zero-order valence-corrected chi connectivity index (χ0v) is 8.59. The first-order valence-electron chi connectivity index (χ1n) is 4.99. The molecule has 68 valence electrons. The summed E-state index contributed by atoms with van der Waals surface area (Å²) in [5.74, 6) is 0.777. The third-order valence-corrected chi connectivity index (χ3v) is 3.11. The summed E-state index contributed by atoms with van der Waals surface area (Å²) in [6.07, 6.45) is 3.45. The van der Waals surface area contributed by atoms with E-state index < -0.39 is 0 Å². The highest BCUT2D eigenvalue weighted by Crippen LogP contribution is 2.38. The fourth-order valence-corrected chi connectivity index (χ4v) is 2.10. The van der Waals surface area contributed by atoms with Crippen LogP contribution in [0.15, 0.2) is 24.3 Å². The summed E-state index contributed by atoms with van der Waals surface area (Å²) in [6, 6.07) is 6.67. The average molecular weight is 172 g/mol. The molecule has 0 aromatic heterocycles. The van der Waals surface area contributed by atoms with Crippen LogP contribution in [0.5, 0.6) is 0 Å². The maximum absolute atomic E-state index is 2.30. The Morgan fingerprint density at radius 1 is 1.46 bits per heavy atom. The largest absolute Gasteiger partial charge is 0.0841 e. The second kappa shape index (κ2) is 3.02. The van der Waals surface area contributed by atoms with E-state index in [4.69, 9.17) is 0 Å². The van der Waals surface area contributed by atoms with Crippen molar-refractivity contribution in [2.24, 2.45) is 0 Å². The first-order chi connectivity index (χ1) is 6.24. The van der Waals surface area contributed by atoms with Crippen LogP contribution in [-0.4, -0.2) is 0 Å². The summed E-state index contributed by atoms with van der Waals surface area (Å²) in [5.41, 5.74) is 5.99. The van der Waals surface area contributed by atoms with E-state index in [1.54, 1.807) is 11.1 Å². The maximum atomic E-state index is 2.30. The van der Waals surface area contributed by atoms with Crippen molar-refractivity contribution < 1.29 is 0 Å². The van der Waals surface area contributed by atoms with Gasteiger partial charge in [-0.05, 0) is 48.4 Å². The Bertz CT molecular complexity index is 358. The Hall–Kier alpha value is -1.04. The Morgan fingerprint density at radius 3 is 2.85 bits per heavy atom. The zero-order chi connectivity index (χ0) is 9.42. The van der Waals surface area contributed by atoms with Gasteiger partial charge in [-0.3, -0.25) is 0 Å². The molecule has 0 radical (unpaired) electrons. The normalized spacial score (nSPS) is 20.8. The van der Waals surface area contributed by atoms with Crippen LogP contribution < -0.4 is 0 Å². The summed E-state index contributed by atoms with van der Waals surface area (Å²) < 4.78 is 0. The summed E-state index contributed by atoms with van der Waals surface area (Å²) in [4.78, 5) is 0. The molecular formula is C13H16. The van der Waals surface area contributed by atoms with Gasteiger partial charge in [0.2, 0.25) is 0 Å². The Labute approximate surface area is 80.3 Å². The molecule has 0 heteroatoms. The van der Waals surface area contributed by atoms with Crippen molar-refractivity contribution >= 4 is 5.57 Å². The van der Waals surface area contributed by atoms with Crippen LogP contribution in [0.3, 0.4) is 0 Å². The van der Waals surface area contributed by atoms with E-state index >= 15 is 0 Å². The molecule has 0 fully saturated rings. The van der Waals surface area contributed by atoms with Crippen molar-refractivity contribution in [2.75, 3.05) is 0 Å². The molecule has 0 heterocycles. The molecule has 1 aliphatic carbocycles. The van der Waals surface area contributed by atoms with Gasteiger partial charge in [0.15, 0.2) is 0 Å². The van der Waals surface area contributed by atoms with Crippen LogP contribution in [-0.2, 0) is 6.42 Å². The molecule has 0 aliphatic heterocycles. The summed E-state index contributed by atoms with van der Waals surface area (Å²) >= 11 is 0. The minimum atomic E-state index is 0.777. The lowest BCUT2D eigenvalue weighted by Gasteiger charge is -2.29. The van der Waals surface area contributed by atoms with Gasteiger partial charge in [0.1, 0.15) is 0 Å². The smallest absolute Gasteiger partial charge is 0.0147 e. The number of allylic oxidation sites excluding steroid dienone is 2. The van der Waals surface area contributed by atoms with E-state index in [0.29, 0.717) is 0 Å². The van der Waals surface area contributed by atoms with Crippen molar-refractivity contribution in [3.05, 3.63) is 41.0 Å². The van der Waals surface area contributed by atoms with Gasteiger partial charge < -0.3 is 0 Å². The molecule has 1 aromatic carbocycles. The van der Waals surface area contributed by atoms with Crippen molar-refractivity contribution in [1.82, 2.24) is 0 Å². The van der Waals surface area contributed by atoms with E-state index in [1.165, 1.54) is 17.6 Å². The van der Waals surface area contributed by atoms with Crippen LogP contribution in [0.1, 0.15) is 43.4 Å². The number of fused-ring (bicyclic) bond motifs is 1. The van der Waals surface area contributed by atoms with Crippen LogP contribution in [0.2, 0.25) is 0 Å². The Balaban J connectivity index is 2.50. The molecule has 1 unspecified atom stereocenters. The molecule has 1 aliphatic rings. The third-order valence-electron chi connectivity index (χ3n) is 3.11. The quantitative estimate of drug-likeness (QED) is 0.605. The van der Waals surface area contributed by atoms with Gasteiger partial charge in [0.05, 0.1) is 0 Å². The van der Waals surface area contributed by atoms with Gasteiger partial charge in [0, 0.05) is 0 Å². The van der Waals surface area contributed by atoms with Crippen LogP contribution >= 0.6 is 0 Å². The lowest BCUT2D eigenvalue weighted by Crippen LogP contribution is -2.15. The molecule has 0 amide bonds. The van der Waals surface area contributed by atoms with E-state index in [1.807, 2.05) is 0 Å². The number of rotatable bonds is 1. The van der Waals surface area contributed by atoms with Gasteiger partial charge in [-0.25, -0.2) is 0 Å². The minimum Gasteiger partial charge on any atom is -0.0841 e. The first kappa shape index (κ1) is 8.55. The predicted octanol–water partition coefficient (Wildman–Crippen LogP) is 3.77. The standard InChI is InChI=1S/C13H16/c1-4-9(2)11-6-5-7-12-10(3)8-13(11)12/h4-7,10H,8H2,1-3H3. The fraction of sp³-hybridized carbons (Fsp3) is 0.385. The molecule has 0 saturated heterocycles. The van der Waals surface area contributed by atoms with Gasteiger partial charge in [-0.2, -0.15) is 0 Å². The van der Waals surface area contributed by atoms with Crippen LogP contribution in [0, 0.1) is 0 Å². The topological polar surface area (TPSA) is 0 Å². The highest BCUT2D eigenvalue weighted by atomic mass is 14.3. The summed E-state index contributed by atoms with van der Waals surface area (Å²) in [5, 5.41) is 0.